The van der Waals surface area contributed by atoms with Crippen LogP contribution in [0.5, 0.6) is 0 Å². The van der Waals surface area contributed by atoms with Crippen molar-refractivity contribution in [3.8, 4) is 33.4 Å². The fourth-order valence-corrected chi connectivity index (χ4v) is 7.10. The van der Waals surface area contributed by atoms with Gasteiger partial charge in [0.1, 0.15) is 4.90 Å². The van der Waals surface area contributed by atoms with Gasteiger partial charge in [0.2, 0.25) is 11.8 Å². The van der Waals surface area contributed by atoms with Crippen molar-refractivity contribution in [3.05, 3.63) is 162 Å². The Balaban J connectivity index is 1.08. The van der Waals surface area contributed by atoms with Gasteiger partial charge in [-0.2, -0.15) is 8.42 Å². The summed E-state index contributed by atoms with van der Waals surface area (Å²) in [5.74, 6) is -0.376. The van der Waals surface area contributed by atoms with Crippen LogP contribution in [0.4, 0.5) is 0 Å². The van der Waals surface area contributed by atoms with E-state index in [1.807, 2.05) is 115 Å². The van der Waals surface area contributed by atoms with Gasteiger partial charge in [0, 0.05) is 16.5 Å². The second kappa shape index (κ2) is 11.3. The van der Waals surface area contributed by atoms with Gasteiger partial charge in [0.15, 0.2) is 0 Å². The number of aliphatic hydroxyl groups excluding tert-OH is 2. The van der Waals surface area contributed by atoms with Gasteiger partial charge in [0.25, 0.3) is 10.1 Å². The highest BCUT2D eigenvalue weighted by Gasteiger charge is 2.36. The van der Waals surface area contributed by atoms with Gasteiger partial charge in [0.05, 0.1) is 22.5 Å². The first-order chi connectivity index (χ1) is 23.3. The summed E-state index contributed by atoms with van der Waals surface area (Å²) >= 11 is 0. The topological polar surface area (TPSA) is 120 Å². The lowest BCUT2D eigenvalue weighted by atomic mass is 9.95. The summed E-state index contributed by atoms with van der Waals surface area (Å²) in [6.45, 7) is 0. The average Bonchev–Trinajstić information content (AvgIpc) is 3.65. The second-order valence-electron chi connectivity index (χ2n) is 11.5. The Labute approximate surface area is 276 Å². The molecule has 0 aliphatic carbocycles. The van der Waals surface area contributed by atoms with Gasteiger partial charge in [-0.1, -0.05) is 133 Å². The largest absolute Gasteiger partial charge is 0.493 e. The standard InChI is InChI=1S/C40H26N2O5S/c43-39-35-36(40(44)41-37(35)29-20-14-25(15-21-29)24-6-2-1-3-7-24)38(42-39)30-22-16-27(17-23-30)26-12-18-28(19-13-26)31-8-4-10-33-32(31)9-5-11-34(33)48(45,46)47/h1-23H,(H,41,44)(H,42,43)(H,45,46,47). The first kappa shape index (κ1) is 29.3. The van der Waals surface area contributed by atoms with Crippen molar-refractivity contribution in [3.63, 3.8) is 0 Å². The Bertz CT molecular complexity index is 2500. The predicted octanol–water partition coefficient (Wildman–Crippen LogP) is 9.15. The van der Waals surface area contributed by atoms with E-state index in [4.69, 9.17) is 0 Å². The highest BCUT2D eigenvalue weighted by molar-refractivity contribution is 7.86. The van der Waals surface area contributed by atoms with Crippen LogP contribution in [-0.4, -0.2) is 35.0 Å². The Morgan fingerprint density at radius 1 is 0.417 bits per heavy atom. The zero-order chi connectivity index (χ0) is 33.0. The molecule has 48 heavy (non-hydrogen) atoms. The van der Waals surface area contributed by atoms with Crippen molar-refractivity contribution in [2.24, 2.45) is 9.98 Å². The van der Waals surface area contributed by atoms with Gasteiger partial charge >= 0.3 is 0 Å². The minimum absolute atomic E-state index is 0.122. The lowest BCUT2D eigenvalue weighted by Crippen LogP contribution is -2.03. The third-order valence-electron chi connectivity index (χ3n) is 8.72. The summed E-state index contributed by atoms with van der Waals surface area (Å²) in [5, 5.41) is 23.0. The van der Waals surface area contributed by atoms with Crippen molar-refractivity contribution in [1.82, 2.24) is 0 Å². The molecule has 0 bridgehead atoms. The highest BCUT2D eigenvalue weighted by atomic mass is 32.2. The summed E-state index contributed by atoms with van der Waals surface area (Å²) in [7, 11) is -4.37. The molecule has 2 aliphatic rings. The Kier molecular flexibility index (Phi) is 6.91. The van der Waals surface area contributed by atoms with E-state index >= 15 is 0 Å². The first-order valence-electron chi connectivity index (χ1n) is 15.2. The molecule has 6 aromatic carbocycles. The molecule has 0 radical (unpaired) electrons. The zero-order valence-corrected chi connectivity index (χ0v) is 26.1. The van der Waals surface area contributed by atoms with E-state index in [1.165, 1.54) is 6.07 Å². The monoisotopic (exact) mass is 646 g/mol. The minimum Gasteiger partial charge on any atom is -0.493 e. The van der Waals surface area contributed by atoms with Crippen molar-refractivity contribution in [1.29, 1.82) is 0 Å². The maximum absolute atomic E-state index is 11.9. The molecule has 0 spiro atoms. The summed E-state index contributed by atoms with van der Waals surface area (Å²) < 4.78 is 33.6. The van der Waals surface area contributed by atoms with Crippen molar-refractivity contribution in [2.45, 2.75) is 4.90 Å². The fraction of sp³-hybridized carbons (Fsp3) is 0. The normalized spacial score (nSPS) is 14.4. The molecule has 8 heteroatoms. The van der Waals surface area contributed by atoms with Crippen LogP contribution in [0, 0.1) is 0 Å². The van der Waals surface area contributed by atoms with Crippen LogP contribution in [0.2, 0.25) is 0 Å². The lowest BCUT2D eigenvalue weighted by molar-refractivity contribution is 0.484. The Morgan fingerprint density at radius 2 is 0.833 bits per heavy atom. The van der Waals surface area contributed by atoms with Crippen molar-refractivity contribution in [2.75, 3.05) is 0 Å². The molecule has 6 aromatic rings. The van der Waals surface area contributed by atoms with Crippen molar-refractivity contribution < 1.29 is 23.2 Å². The Morgan fingerprint density at radius 3 is 1.33 bits per heavy atom. The maximum Gasteiger partial charge on any atom is 0.295 e. The van der Waals surface area contributed by atoms with E-state index in [0.29, 0.717) is 27.9 Å². The minimum atomic E-state index is -4.37. The van der Waals surface area contributed by atoms with Gasteiger partial charge in [-0.3, -0.25) is 4.55 Å². The number of fused-ring (bicyclic) bond motifs is 2. The van der Waals surface area contributed by atoms with Gasteiger partial charge in [-0.25, -0.2) is 9.98 Å². The van der Waals surface area contributed by atoms with E-state index in [2.05, 4.69) is 9.98 Å². The van der Waals surface area contributed by atoms with Crippen LogP contribution in [0.3, 0.4) is 0 Å². The molecule has 2 heterocycles. The number of hydrogen-bond donors (Lipinski definition) is 3. The summed E-state index contributed by atoms with van der Waals surface area (Å²) in [6, 6.07) is 43.7. The van der Waals surface area contributed by atoms with Gasteiger partial charge in [-0.05, 0) is 44.8 Å². The van der Waals surface area contributed by atoms with Crippen molar-refractivity contribution >= 4 is 44.1 Å². The molecule has 0 fully saturated rings. The van der Waals surface area contributed by atoms with Crippen LogP contribution in [-0.2, 0) is 10.1 Å². The van der Waals surface area contributed by atoms with E-state index in [9.17, 15) is 23.2 Å². The zero-order valence-electron chi connectivity index (χ0n) is 25.2. The molecular weight excluding hydrogens is 621 g/mol. The number of aliphatic imine (C=N–C) groups is 2. The van der Waals surface area contributed by atoms with Crippen LogP contribution in [0.15, 0.2) is 166 Å². The smallest absolute Gasteiger partial charge is 0.295 e. The van der Waals surface area contributed by atoms with E-state index < -0.39 is 10.1 Å². The lowest BCUT2D eigenvalue weighted by Gasteiger charge is -2.11. The number of rotatable bonds is 6. The Hall–Kier alpha value is -6.09. The molecule has 0 amide bonds. The van der Waals surface area contributed by atoms with Crippen LogP contribution in [0.25, 0.3) is 55.5 Å². The molecule has 0 saturated carbocycles. The molecule has 0 unspecified atom stereocenters. The second-order valence-corrected chi connectivity index (χ2v) is 12.9. The maximum atomic E-state index is 11.9. The highest BCUT2D eigenvalue weighted by Crippen LogP contribution is 2.42. The quantitative estimate of drug-likeness (QED) is 0.156. The third kappa shape index (κ3) is 5.00. The molecule has 0 atom stereocenters. The van der Waals surface area contributed by atoms with E-state index in [0.717, 1.165) is 49.9 Å². The average molecular weight is 647 g/mol. The number of nitrogens with zero attached hydrogens (tertiary/aromatic N) is 2. The van der Waals surface area contributed by atoms with E-state index in [1.54, 1.807) is 18.2 Å². The van der Waals surface area contributed by atoms with Gasteiger partial charge < -0.3 is 10.2 Å². The molecule has 3 N–H and O–H groups in total. The van der Waals surface area contributed by atoms with E-state index in [-0.39, 0.29) is 16.7 Å². The summed E-state index contributed by atoms with van der Waals surface area (Å²) in [5.41, 5.74) is 9.01. The molecule has 232 valence electrons. The molecule has 8 rings (SSSR count). The predicted molar refractivity (Wildman–Crippen MR) is 190 cm³/mol. The third-order valence-corrected chi connectivity index (χ3v) is 9.63. The fourth-order valence-electron chi connectivity index (χ4n) is 6.40. The van der Waals surface area contributed by atoms with Gasteiger partial charge in [-0.15, -0.1) is 0 Å². The molecule has 0 aromatic heterocycles. The molecule has 0 saturated heterocycles. The number of hydrogen-bond acceptors (Lipinski definition) is 4. The number of aliphatic hydroxyl groups is 2. The summed E-state index contributed by atoms with van der Waals surface area (Å²) in [6.07, 6.45) is 0. The summed E-state index contributed by atoms with van der Waals surface area (Å²) in [4.78, 5) is 8.72. The van der Waals surface area contributed by atoms with Crippen LogP contribution >= 0.6 is 0 Å². The SMILES string of the molecule is O=S(=O)(O)c1cccc2c(-c3ccc(-c4ccc(C5=C6C(O)=NC(c7ccc(-c8ccccc8)cc7)=C6C(O)=N5)cc4)cc3)cccc12. The molecule has 2 aliphatic heterocycles. The number of benzene rings is 6. The van der Waals surface area contributed by atoms with Crippen LogP contribution < -0.4 is 0 Å². The van der Waals surface area contributed by atoms with Crippen LogP contribution in [0.1, 0.15) is 11.1 Å². The molecular formula is C40H26N2O5S. The first-order valence-corrected chi connectivity index (χ1v) is 16.6. The molecule has 7 nitrogen and oxygen atoms in total.